The van der Waals surface area contributed by atoms with Crippen molar-refractivity contribution in [1.82, 2.24) is 0 Å². The van der Waals surface area contributed by atoms with Crippen molar-refractivity contribution in [3.8, 4) is 0 Å². The summed E-state index contributed by atoms with van der Waals surface area (Å²) < 4.78 is 5.16. The van der Waals surface area contributed by atoms with Gasteiger partial charge in [0, 0.05) is 6.61 Å². The third kappa shape index (κ3) is 3.64. The SMILES string of the molecule is C=CCC(O)C(C)OCC. The summed E-state index contributed by atoms with van der Waals surface area (Å²) in [5.74, 6) is 0. The number of aliphatic hydroxyl groups excluding tert-OH is 1. The summed E-state index contributed by atoms with van der Waals surface area (Å²) in [4.78, 5) is 0. The normalized spacial score (nSPS) is 16.3. The highest BCUT2D eigenvalue weighted by atomic mass is 16.5. The molecule has 0 radical (unpaired) electrons. The van der Waals surface area contributed by atoms with Gasteiger partial charge in [0.1, 0.15) is 0 Å². The summed E-state index contributed by atoms with van der Waals surface area (Å²) in [6.07, 6.45) is 1.81. The van der Waals surface area contributed by atoms with Gasteiger partial charge in [0.25, 0.3) is 0 Å². The topological polar surface area (TPSA) is 29.5 Å². The van der Waals surface area contributed by atoms with Gasteiger partial charge >= 0.3 is 0 Å². The molecule has 0 fully saturated rings. The van der Waals surface area contributed by atoms with E-state index in [1.54, 1.807) is 6.08 Å². The Balaban J connectivity index is 3.47. The van der Waals surface area contributed by atoms with Crippen LogP contribution in [0.2, 0.25) is 0 Å². The molecule has 0 heterocycles. The van der Waals surface area contributed by atoms with Crippen LogP contribution in [0.15, 0.2) is 12.7 Å². The lowest BCUT2D eigenvalue weighted by atomic mass is 10.1. The maximum absolute atomic E-state index is 9.25. The molecule has 0 aromatic carbocycles. The van der Waals surface area contributed by atoms with E-state index < -0.39 is 6.10 Å². The average Bonchev–Trinajstić information content (AvgIpc) is 1.89. The Morgan fingerprint density at radius 3 is 2.70 bits per heavy atom. The molecule has 0 saturated heterocycles. The van der Waals surface area contributed by atoms with Gasteiger partial charge in [-0.15, -0.1) is 6.58 Å². The molecule has 2 nitrogen and oxygen atoms in total. The second kappa shape index (κ2) is 5.45. The molecule has 0 saturated carbocycles. The summed E-state index contributed by atoms with van der Waals surface area (Å²) in [5, 5.41) is 9.25. The van der Waals surface area contributed by atoms with Crippen molar-refractivity contribution in [2.45, 2.75) is 32.5 Å². The maximum Gasteiger partial charge on any atom is 0.0833 e. The lowest BCUT2D eigenvalue weighted by Gasteiger charge is -2.16. The van der Waals surface area contributed by atoms with Crippen molar-refractivity contribution in [1.29, 1.82) is 0 Å². The highest BCUT2D eigenvalue weighted by Gasteiger charge is 2.10. The van der Waals surface area contributed by atoms with Crippen molar-refractivity contribution in [2.24, 2.45) is 0 Å². The van der Waals surface area contributed by atoms with Crippen LogP contribution in [0.5, 0.6) is 0 Å². The molecule has 0 rings (SSSR count). The lowest BCUT2D eigenvalue weighted by Crippen LogP contribution is -2.25. The summed E-state index contributed by atoms with van der Waals surface area (Å²) in [6, 6.07) is 0. The van der Waals surface area contributed by atoms with Crippen LogP contribution in [0.3, 0.4) is 0 Å². The van der Waals surface area contributed by atoms with Gasteiger partial charge in [-0.3, -0.25) is 0 Å². The summed E-state index contributed by atoms with van der Waals surface area (Å²) in [5.41, 5.74) is 0. The van der Waals surface area contributed by atoms with E-state index in [0.29, 0.717) is 13.0 Å². The van der Waals surface area contributed by atoms with Crippen LogP contribution < -0.4 is 0 Å². The molecule has 2 heteroatoms. The minimum Gasteiger partial charge on any atom is -0.390 e. The Morgan fingerprint density at radius 1 is 1.70 bits per heavy atom. The van der Waals surface area contributed by atoms with Crippen LogP contribution in [-0.2, 0) is 4.74 Å². The molecule has 0 aromatic heterocycles. The quantitative estimate of drug-likeness (QED) is 0.590. The van der Waals surface area contributed by atoms with Gasteiger partial charge in [-0.1, -0.05) is 6.08 Å². The summed E-state index contributed by atoms with van der Waals surface area (Å²) in [7, 11) is 0. The zero-order chi connectivity index (χ0) is 7.98. The molecule has 60 valence electrons. The molecule has 0 amide bonds. The van der Waals surface area contributed by atoms with Gasteiger partial charge in [0.05, 0.1) is 12.2 Å². The fourth-order valence-corrected chi connectivity index (χ4v) is 0.736. The van der Waals surface area contributed by atoms with E-state index in [2.05, 4.69) is 6.58 Å². The maximum atomic E-state index is 9.25. The highest BCUT2D eigenvalue weighted by molar-refractivity contribution is 4.75. The molecule has 2 unspecified atom stereocenters. The van der Waals surface area contributed by atoms with E-state index in [4.69, 9.17) is 4.74 Å². The van der Waals surface area contributed by atoms with Crippen molar-refractivity contribution in [3.63, 3.8) is 0 Å². The van der Waals surface area contributed by atoms with E-state index in [-0.39, 0.29) is 6.10 Å². The van der Waals surface area contributed by atoms with Crippen LogP contribution in [0.4, 0.5) is 0 Å². The highest BCUT2D eigenvalue weighted by Crippen LogP contribution is 2.02. The fraction of sp³-hybridized carbons (Fsp3) is 0.750. The molecule has 0 spiro atoms. The molecular weight excluding hydrogens is 128 g/mol. The van der Waals surface area contributed by atoms with Crippen LogP contribution in [0.25, 0.3) is 0 Å². The Bertz CT molecular complexity index is 91.3. The molecule has 0 aliphatic rings. The van der Waals surface area contributed by atoms with Crippen molar-refractivity contribution >= 4 is 0 Å². The van der Waals surface area contributed by atoms with E-state index in [0.717, 1.165) is 0 Å². The van der Waals surface area contributed by atoms with Gasteiger partial charge in [0.2, 0.25) is 0 Å². The van der Waals surface area contributed by atoms with Gasteiger partial charge in [-0.05, 0) is 20.3 Å². The second-order valence-corrected chi connectivity index (χ2v) is 2.25. The summed E-state index contributed by atoms with van der Waals surface area (Å²) >= 11 is 0. The molecule has 0 aliphatic heterocycles. The minimum atomic E-state index is -0.405. The number of hydrogen-bond acceptors (Lipinski definition) is 2. The average molecular weight is 144 g/mol. The van der Waals surface area contributed by atoms with E-state index in [1.807, 2.05) is 13.8 Å². The lowest BCUT2D eigenvalue weighted by molar-refractivity contribution is -0.0196. The predicted molar refractivity (Wildman–Crippen MR) is 41.9 cm³/mol. The van der Waals surface area contributed by atoms with Gasteiger partial charge in [-0.2, -0.15) is 0 Å². The molecule has 1 N–H and O–H groups in total. The molecule has 10 heavy (non-hydrogen) atoms. The van der Waals surface area contributed by atoms with Crippen molar-refractivity contribution < 1.29 is 9.84 Å². The van der Waals surface area contributed by atoms with Crippen molar-refractivity contribution in [2.75, 3.05) is 6.61 Å². The first kappa shape index (κ1) is 9.66. The fourth-order valence-electron chi connectivity index (χ4n) is 0.736. The van der Waals surface area contributed by atoms with Crippen LogP contribution in [-0.4, -0.2) is 23.9 Å². The first-order valence-corrected chi connectivity index (χ1v) is 3.63. The summed E-state index contributed by atoms with van der Waals surface area (Å²) in [6.45, 7) is 7.95. The van der Waals surface area contributed by atoms with Crippen LogP contribution in [0.1, 0.15) is 20.3 Å². The molecule has 0 aromatic rings. The van der Waals surface area contributed by atoms with Gasteiger partial charge in [-0.25, -0.2) is 0 Å². The zero-order valence-corrected chi connectivity index (χ0v) is 6.71. The monoisotopic (exact) mass is 144 g/mol. The van der Waals surface area contributed by atoms with Crippen molar-refractivity contribution in [3.05, 3.63) is 12.7 Å². The number of hydrogen-bond donors (Lipinski definition) is 1. The third-order valence-electron chi connectivity index (χ3n) is 1.38. The number of aliphatic hydroxyl groups is 1. The largest absolute Gasteiger partial charge is 0.390 e. The molecule has 0 aliphatic carbocycles. The Kier molecular flexibility index (Phi) is 5.26. The first-order valence-electron chi connectivity index (χ1n) is 3.63. The molecule has 2 atom stereocenters. The third-order valence-corrected chi connectivity index (χ3v) is 1.38. The van der Waals surface area contributed by atoms with E-state index in [9.17, 15) is 5.11 Å². The van der Waals surface area contributed by atoms with E-state index >= 15 is 0 Å². The first-order chi connectivity index (χ1) is 4.72. The Labute approximate surface area is 62.5 Å². The Morgan fingerprint density at radius 2 is 2.30 bits per heavy atom. The van der Waals surface area contributed by atoms with E-state index in [1.165, 1.54) is 0 Å². The zero-order valence-electron chi connectivity index (χ0n) is 6.71. The molecule has 0 bridgehead atoms. The van der Waals surface area contributed by atoms with Crippen LogP contribution >= 0.6 is 0 Å². The molecular formula is C8H16O2. The van der Waals surface area contributed by atoms with Crippen LogP contribution in [0, 0.1) is 0 Å². The predicted octanol–water partition coefficient (Wildman–Crippen LogP) is 1.35. The second-order valence-electron chi connectivity index (χ2n) is 2.25. The number of rotatable bonds is 5. The van der Waals surface area contributed by atoms with Gasteiger partial charge in [0.15, 0.2) is 0 Å². The minimum absolute atomic E-state index is 0.0806. The van der Waals surface area contributed by atoms with Gasteiger partial charge < -0.3 is 9.84 Å². The standard InChI is InChI=1S/C8H16O2/c1-4-6-8(9)7(3)10-5-2/h4,7-9H,1,5-6H2,2-3H3. The Hall–Kier alpha value is -0.340. The smallest absolute Gasteiger partial charge is 0.0833 e. The number of ether oxygens (including phenoxy) is 1.